The number of likely N-dealkylation sites (N-methyl/N-ethyl adjacent to an activating group) is 1. The summed E-state index contributed by atoms with van der Waals surface area (Å²) >= 11 is 0. The van der Waals surface area contributed by atoms with Crippen LogP contribution in [0.3, 0.4) is 0 Å². The summed E-state index contributed by atoms with van der Waals surface area (Å²) in [6.07, 6.45) is 2.49. The molecule has 0 aliphatic carbocycles. The molecule has 1 atom stereocenters. The number of hydrogen-bond donors (Lipinski definition) is 1. The van der Waals surface area contributed by atoms with E-state index in [1.165, 1.54) is 50.3 Å². The third kappa shape index (κ3) is 2.52. The molecule has 1 aromatic carbocycles. The normalized spacial score (nSPS) is 26.2. The molecule has 2 heterocycles. The molecule has 1 saturated heterocycles. The van der Waals surface area contributed by atoms with Crippen molar-refractivity contribution in [2.75, 3.05) is 45.1 Å². The van der Waals surface area contributed by atoms with Gasteiger partial charge in [0, 0.05) is 44.5 Å². The van der Waals surface area contributed by atoms with Crippen LogP contribution in [0.15, 0.2) is 24.3 Å². The molecule has 0 radical (unpaired) electrons. The predicted octanol–water partition coefficient (Wildman–Crippen LogP) is 1.66. The van der Waals surface area contributed by atoms with Crippen LogP contribution in [-0.2, 0) is 6.42 Å². The van der Waals surface area contributed by atoms with Gasteiger partial charge >= 0.3 is 0 Å². The molecule has 1 aromatic rings. The maximum atomic E-state index is 3.63. The molecule has 3 nitrogen and oxygen atoms in total. The van der Waals surface area contributed by atoms with E-state index in [9.17, 15) is 0 Å². The van der Waals surface area contributed by atoms with Gasteiger partial charge in [-0.05, 0) is 31.5 Å². The number of rotatable bonds is 1. The highest BCUT2D eigenvalue weighted by molar-refractivity contribution is 5.52. The zero-order valence-corrected chi connectivity index (χ0v) is 11.2. The lowest BCUT2D eigenvalue weighted by Gasteiger charge is -2.37. The highest BCUT2D eigenvalue weighted by Crippen LogP contribution is 2.23. The van der Waals surface area contributed by atoms with Gasteiger partial charge in [-0.25, -0.2) is 0 Å². The average Bonchev–Trinajstić information content (AvgIpc) is 2.62. The molecule has 2 aliphatic rings. The predicted molar refractivity (Wildman–Crippen MR) is 76.1 cm³/mol. The van der Waals surface area contributed by atoms with Gasteiger partial charge in [0.2, 0.25) is 0 Å². The SMILES string of the molecule is CN1CCN(C2CCc3ccccc3NC2)CC1. The van der Waals surface area contributed by atoms with E-state index >= 15 is 0 Å². The van der Waals surface area contributed by atoms with E-state index in [4.69, 9.17) is 0 Å². The molecule has 3 rings (SSSR count). The Balaban J connectivity index is 1.64. The maximum absolute atomic E-state index is 3.63. The first-order valence-electron chi connectivity index (χ1n) is 7.07. The molecule has 0 aromatic heterocycles. The number of nitrogens with zero attached hydrogens (tertiary/aromatic N) is 2. The van der Waals surface area contributed by atoms with E-state index in [2.05, 4.69) is 46.4 Å². The van der Waals surface area contributed by atoms with Crippen molar-refractivity contribution >= 4 is 5.69 Å². The minimum Gasteiger partial charge on any atom is -0.383 e. The van der Waals surface area contributed by atoms with Gasteiger partial charge in [-0.1, -0.05) is 18.2 Å². The molecule has 0 bridgehead atoms. The Morgan fingerprint density at radius 1 is 1.11 bits per heavy atom. The molecule has 0 spiro atoms. The second kappa shape index (κ2) is 5.29. The Hall–Kier alpha value is -1.06. The largest absolute Gasteiger partial charge is 0.383 e. The van der Waals surface area contributed by atoms with Crippen LogP contribution in [0.2, 0.25) is 0 Å². The second-order valence-corrected chi connectivity index (χ2v) is 5.57. The molecule has 0 amide bonds. The zero-order valence-electron chi connectivity index (χ0n) is 11.2. The van der Waals surface area contributed by atoms with Crippen molar-refractivity contribution < 1.29 is 0 Å². The first-order chi connectivity index (χ1) is 8.83. The third-order valence-electron chi connectivity index (χ3n) is 4.35. The van der Waals surface area contributed by atoms with Gasteiger partial charge < -0.3 is 10.2 Å². The highest BCUT2D eigenvalue weighted by atomic mass is 15.3. The number of anilines is 1. The quantitative estimate of drug-likeness (QED) is 0.812. The highest BCUT2D eigenvalue weighted by Gasteiger charge is 2.24. The number of piperazine rings is 1. The molecule has 3 heteroatoms. The van der Waals surface area contributed by atoms with E-state index in [-0.39, 0.29) is 0 Å². The summed E-state index contributed by atoms with van der Waals surface area (Å²) in [4.78, 5) is 5.09. The molecule has 0 saturated carbocycles. The molecule has 1 N–H and O–H groups in total. The second-order valence-electron chi connectivity index (χ2n) is 5.57. The lowest BCUT2D eigenvalue weighted by atomic mass is 10.0. The lowest BCUT2D eigenvalue weighted by Crippen LogP contribution is -2.50. The van der Waals surface area contributed by atoms with Crippen molar-refractivity contribution in [2.45, 2.75) is 18.9 Å². The Morgan fingerprint density at radius 3 is 2.72 bits per heavy atom. The summed E-state index contributed by atoms with van der Waals surface area (Å²) in [5.74, 6) is 0. The first kappa shape index (κ1) is 12.0. The van der Waals surface area contributed by atoms with Gasteiger partial charge in [0.05, 0.1) is 0 Å². The zero-order chi connectivity index (χ0) is 12.4. The lowest BCUT2D eigenvalue weighted by molar-refractivity contribution is 0.113. The van der Waals surface area contributed by atoms with Crippen LogP contribution in [0, 0.1) is 0 Å². The summed E-state index contributed by atoms with van der Waals surface area (Å²) in [6.45, 7) is 5.96. The number of hydrogen-bond acceptors (Lipinski definition) is 3. The van der Waals surface area contributed by atoms with Crippen LogP contribution in [0.25, 0.3) is 0 Å². The fourth-order valence-corrected chi connectivity index (χ4v) is 3.06. The Kier molecular flexibility index (Phi) is 3.52. The van der Waals surface area contributed by atoms with Crippen molar-refractivity contribution in [1.29, 1.82) is 0 Å². The van der Waals surface area contributed by atoms with Crippen molar-refractivity contribution in [3.8, 4) is 0 Å². The minimum atomic E-state index is 0.700. The summed E-state index contributed by atoms with van der Waals surface area (Å²) in [7, 11) is 2.22. The molecule has 1 fully saturated rings. The van der Waals surface area contributed by atoms with Crippen molar-refractivity contribution in [2.24, 2.45) is 0 Å². The van der Waals surface area contributed by atoms with Gasteiger partial charge in [0.15, 0.2) is 0 Å². The Bertz CT molecular complexity index is 369. The summed E-state index contributed by atoms with van der Waals surface area (Å²) in [5.41, 5.74) is 2.82. The standard InChI is InChI=1S/C15H23N3/c1-17-8-10-18(11-9-17)14-7-6-13-4-2-3-5-15(13)16-12-14/h2-5,14,16H,6-12H2,1H3. The number of para-hydroxylation sites is 1. The number of aryl methyl sites for hydroxylation is 1. The molecule has 1 unspecified atom stereocenters. The van der Waals surface area contributed by atoms with Crippen LogP contribution >= 0.6 is 0 Å². The van der Waals surface area contributed by atoms with Crippen molar-refractivity contribution in [3.63, 3.8) is 0 Å². The average molecular weight is 245 g/mol. The van der Waals surface area contributed by atoms with Crippen molar-refractivity contribution in [1.82, 2.24) is 9.80 Å². The van der Waals surface area contributed by atoms with Gasteiger partial charge in [0.1, 0.15) is 0 Å². The monoisotopic (exact) mass is 245 g/mol. The number of nitrogens with one attached hydrogen (secondary N) is 1. The van der Waals surface area contributed by atoms with Gasteiger partial charge in [-0.15, -0.1) is 0 Å². The third-order valence-corrected chi connectivity index (χ3v) is 4.35. The van der Waals surface area contributed by atoms with Crippen LogP contribution in [0.1, 0.15) is 12.0 Å². The van der Waals surface area contributed by atoms with Crippen LogP contribution in [0.4, 0.5) is 5.69 Å². The van der Waals surface area contributed by atoms with Gasteiger partial charge in [-0.3, -0.25) is 4.90 Å². The molecule has 98 valence electrons. The van der Waals surface area contributed by atoms with Crippen molar-refractivity contribution in [3.05, 3.63) is 29.8 Å². The maximum Gasteiger partial charge on any atom is 0.0373 e. The van der Waals surface area contributed by atoms with Crippen LogP contribution in [-0.4, -0.2) is 55.6 Å². The van der Waals surface area contributed by atoms with Crippen LogP contribution < -0.4 is 5.32 Å². The fourth-order valence-electron chi connectivity index (χ4n) is 3.06. The van der Waals surface area contributed by atoms with E-state index in [0.29, 0.717) is 6.04 Å². The summed E-state index contributed by atoms with van der Waals surface area (Å²) in [5, 5.41) is 3.63. The van der Waals surface area contributed by atoms with E-state index in [0.717, 1.165) is 6.54 Å². The summed E-state index contributed by atoms with van der Waals surface area (Å²) in [6, 6.07) is 9.45. The smallest absolute Gasteiger partial charge is 0.0373 e. The minimum absolute atomic E-state index is 0.700. The Morgan fingerprint density at radius 2 is 1.89 bits per heavy atom. The molecular weight excluding hydrogens is 222 g/mol. The molecule has 2 aliphatic heterocycles. The molecule has 18 heavy (non-hydrogen) atoms. The first-order valence-corrected chi connectivity index (χ1v) is 7.07. The molecular formula is C15H23N3. The van der Waals surface area contributed by atoms with Crippen LogP contribution in [0.5, 0.6) is 0 Å². The summed E-state index contributed by atoms with van der Waals surface area (Å²) < 4.78 is 0. The van der Waals surface area contributed by atoms with E-state index in [1.54, 1.807) is 0 Å². The van der Waals surface area contributed by atoms with E-state index < -0.39 is 0 Å². The fraction of sp³-hybridized carbons (Fsp3) is 0.600. The van der Waals surface area contributed by atoms with E-state index in [1.807, 2.05) is 0 Å². The van der Waals surface area contributed by atoms with Gasteiger partial charge in [-0.2, -0.15) is 0 Å². The number of benzene rings is 1. The number of fused-ring (bicyclic) bond motifs is 1. The topological polar surface area (TPSA) is 18.5 Å². The van der Waals surface area contributed by atoms with Gasteiger partial charge in [0.25, 0.3) is 0 Å². The Labute approximate surface area is 110 Å².